The molecule has 0 aromatic carbocycles. The van der Waals surface area contributed by atoms with Gasteiger partial charge in [-0.1, -0.05) is 0 Å². The highest BCUT2D eigenvalue weighted by atomic mass is 32.1. The SMILES string of the molecule is O=C(CCOCC1CC1)N(Cc1nccs1)C1CC12CCNCC2. The van der Waals surface area contributed by atoms with Crippen molar-refractivity contribution in [1.82, 2.24) is 15.2 Å². The number of thiazole rings is 1. The quantitative estimate of drug-likeness (QED) is 0.733. The minimum atomic E-state index is 0.237. The van der Waals surface area contributed by atoms with Gasteiger partial charge in [0.15, 0.2) is 0 Å². The molecule has 1 aliphatic heterocycles. The van der Waals surface area contributed by atoms with Crippen LogP contribution >= 0.6 is 11.3 Å². The lowest BCUT2D eigenvalue weighted by Gasteiger charge is -2.29. The Morgan fingerprint density at radius 2 is 2.25 bits per heavy atom. The molecule has 24 heavy (non-hydrogen) atoms. The number of nitrogens with one attached hydrogen (secondary N) is 1. The Morgan fingerprint density at radius 3 is 2.96 bits per heavy atom. The second-order valence-electron chi connectivity index (χ2n) is 7.55. The minimum absolute atomic E-state index is 0.237. The van der Waals surface area contributed by atoms with E-state index in [1.807, 2.05) is 11.6 Å². The molecule has 1 aromatic heterocycles. The molecule has 0 radical (unpaired) electrons. The number of piperidine rings is 1. The highest BCUT2D eigenvalue weighted by molar-refractivity contribution is 7.09. The van der Waals surface area contributed by atoms with Crippen molar-refractivity contribution in [2.45, 2.75) is 51.1 Å². The number of hydrogen-bond acceptors (Lipinski definition) is 5. The normalized spacial score (nSPS) is 24.9. The summed E-state index contributed by atoms with van der Waals surface area (Å²) in [5.74, 6) is 0.995. The predicted octanol–water partition coefficient (Wildman–Crippen LogP) is 2.43. The molecule has 2 aliphatic carbocycles. The summed E-state index contributed by atoms with van der Waals surface area (Å²) in [6, 6.07) is 0.402. The first-order valence-corrected chi connectivity index (χ1v) is 10.1. The standard InChI is InChI=1S/C18H27N3O2S/c22-17(3-9-23-13-14-1-2-14)21(12-16-20-8-10-24-16)15-11-18(15)4-6-19-7-5-18/h8,10,14-15,19H,1-7,9,11-13H2. The van der Waals surface area contributed by atoms with Crippen molar-refractivity contribution < 1.29 is 9.53 Å². The van der Waals surface area contributed by atoms with E-state index in [0.717, 1.165) is 37.0 Å². The topological polar surface area (TPSA) is 54.5 Å². The van der Waals surface area contributed by atoms with Crippen LogP contribution in [0.2, 0.25) is 0 Å². The Hall–Kier alpha value is -0.980. The summed E-state index contributed by atoms with van der Waals surface area (Å²) in [5.41, 5.74) is 0.368. The van der Waals surface area contributed by atoms with Crippen molar-refractivity contribution in [1.29, 1.82) is 0 Å². The summed E-state index contributed by atoms with van der Waals surface area (Å²) in [7, 11) is 0. The number of hydrogen-bond donors (Lipinski definition) is 1. The van der Waals surface area contributed by atoms with Gasteiger partial charge in [-0.25, -0.2) is 4.98 Å². The number of rotatable bonds is 8. The molecule has 2 saturated carbocycles. The van der Waals surface area contributed by atoms with Gasteiger partial charge in [0.2, 0.25) is 5.91 Å². The van der Waals surface area contributed by atoms with E-state index in [2.05, 4.69) is 15.2 Å². The van der Waals surface area contributed by atoms with Gasteiger partial charge in [0, 0.05) is 24.2 Å². The molecule has 3 aliphatic rings. The van der Waals surface area contributed by atoms with Crippen molar-refractivity contribution in [3.8, 4) is 0 Å². The Balaban J connectivity index is 1.35. The zero-order valence-corrected chi connectivity index (χ0v) is 15.0. The third-order valence-corrected chi connectivity index (χ3v) is 6.51. The fraction of sp³-hybridized carbons (Fsp3) is 0.778. The highest BCUT2D eigenvalue weighted by Gasteiger charge is 2.57. The summed E-state index contributed by atoms with van der Waals surface area (Å²) < 4.78 is 5.68. The van der Waals surface area contributed by atoms with Gasteiger partial charge in [-0.3, -0.25) is 4.79 Å². The molecule has 1 saturated heterocycles. The fourth-order valence-corrected chi connectivity index (χ4v) is 4.53. The first-order chi connectivity index (χ1) is 11.8. The van der Waals surface area contributed by atoms with Crippen LogP contribution in [0.3, 0.4) is 0 Å². The van der Waals surface area contributed by atoms with Gasteiger partial charge < -0.3 is 15.0 Å². The van der Waals surface area contributed by atoms with Crippen molar-refractivity contribution in [2.75, 3.05) is 26.3 Å². The number of aromatic nitrogens is 1. The van der Waals surface area contributed by atoms with Crippen molar-refractivity contribution >= 4 is 17.2 Å². The Labute approximate surface area is 147 Å². The molecule has 2 heterocycles. The number of nitrogens with zero attached hydrogens (tertiary/aromatic N) is 2. The number of carbonyl (C=O) groups is 1. The van der Waals surface area contributed by atoms with E-state index in [-0.39, 0.29) is 5.91 Å². The van der Waals surface area contributed by atoms with Crippen LogP contribution in [0, 0.1) is 11.3 Å². The molecule has 0 bridgehead atoms. The molecule has 1 spiro atoms. The maximum absolute atomic E-state index is 12.8. The lowest BCUT2D eigenvalue weighted by molar-refractivity contribution is -0.134. The zero-order chi connectivity index (χ0) is 16.4. The van der Waals surface area contributed by atoms with E-state index in [1.165, 1.54) is 25.7 Å². The molecule has 132 valence electrons. The van der Waals surface area contributed by atoms with Crippen LogP contribution in [0.4, 0.5) is 0 Å². The largest absolute Gasteiger partial charge is 0.381 e. The zero-order valence-electron chi connectivity index (χ0n) is 14.2. The lowest BCUT2D eigenvalue weighted by Crippen LogP contribution is -2.39. The molecule has 1 unspecified atom stereocenters. The van der Waals surface area contributed by atoms with Crippen LogP contribution in [0.5, 0.6) is 0 Å². The molecule has 1 amide bonds. The summed E-state index contributed by atoms with van der Waals surface area (Å²) in [6.45, 7) is 4.23. The van der Waals surface area contributed by atoms with Crippen LogP contribution < -0.4 is 5.32 Å². The lowest BCUT2D eigenvalue weighted by atomic mass is 9.93. The summed E-state index contributed by atoms with van der Waals surface area (Å²) in [4.78, 5) is 19.3. The van der Waals surface area contributed by atoms with Gasteiger partial charge in [0.05, 0.1) is 19.6 Å². The second kappa shape index (κ2) is 7.10. The first-order valence-electron chi connectivity index (χ1n) is 9.23. The van der Waals surface area contributed by atoms with Crippen LogP contribution in [0.25, 0.3) is 0 Å². The second-order valence-corrected chi connectivity index (χ2v) is 8.53. The molecule has 6 heteroatoms. The van der Waals surface area contributed by atoms with E-state index in [9.17, 15) is 4.79 Å². The molecule has 1 N–H and O–H groups in total. The van der Waals surface area contributed by atoms with Gasteiger partial charge in [-0.05, 0) is 56.5 Å². The predicted molar refractivity (Wildman–Crippen MR) is 93.8 cm³/mol. The Morgan fingerprint density at radius 1 is 1.42 bits per heavy atom. The maximum Gasteiger partial charge on any atom is 0.225 e. The monoisotopic (exact) mass is 349 g/mol. The molecule has 5 nitrogen and oxygen atoms in total. The maximum atomic E-state index is 12.8. The molecule has 3 fully saturated rings. The smallest absolute Gasteiger partial charge is 0.225 e. The molecular weight excluding hydrogens is 322 g/mol. The number of carbonyl (C=O) groups excluding carboxylic acids is 1. The average molecular weight is 350 g/mol. The van der Waals surface area contributed by atoms with Gasteiger partial charge in [-0.2, -0.15) is 0 Å². The van der Waals surface area contributed by atoms with Crippen molar-refractivity contribution in [3.05, 3.63) is 16.6 Å². The molecular formula is C18H27N3O2S. The molecule has 1 atom stereocenters. The number of amides is 1. The van der Waals surface area contributed by atoms with Gasteiger partial charge >= 0.3 is 0 Å². The third-order valence-electron chi connectivity index (χ3n) is 5.74. The van der Waals surface area contributed by atoms with Crippen molar-refractivity contribution in [2.24, 2.45) is 11.3 Å². The van der Waals surface area contributed by atoms with E-state index < -0.39 is 0 Å². The van der Waals surface area contributed by atoms with Gasteiger partial charge in [0.1, 0.15) is 5.01 Å². The Bertz CT molecular complexity index is 553. The number of ether oxygens (including phenoxy) is 1. The van der Waals surface area contributed by atoms with Crippen LogP contribution in [-0.4, -0.2) is 48.1 Å². The fourth-order valence-electron chi connectivity index (χ4n) is 3.92. The minimum Gasteiger partial charge on any atom is -0.381 e. The molecule has 4 rings (SSSR count). The van der Waals surface area contributed by atoms with Gasteiger partial charge in [-0.15, -0.1) is 11.3 Å². The van der Waals surface area contributed by atoms with E-state index in [4.69, 9.17) is 4.74 Å². The Kier molecular flexibility index (Phi) is 4.88. The summed E-state index contributed by atoms with van der Waals surface area (Å²) in [6.07, 6.45) is 8.47. The highest BCUT2D eigenvalue weighted by Crippen LogP contribution is 2.56. The third kappa shape index (κ3) is 3.81. The summed E-state index contributed by atoms with van der Waals surface area (Å²) >= 11 is 1.64. The van der Waals surface area contributed by atoms with E-state index >= 15 is 0 Å². The summed E-state index contributed by atoms with van der Waals surface area (Å²) in [5, 5.41) is 6.47. The van der Waals surface area contributed by atoms with Crippen molar-refractivity contribution in [3.63, 3.8) is 0 Å². The van der Waals surface area contributed by atoms with Crippen LogP contribution in [0.15, 0.2) is 11.6 Å². The van der Waals surface area contributed by atoms with Crippen LogP contribution in [0.1, 0.15) is 43.5 Å². The average Bonchev–Trinajstić information content (AvgIpc) is 3.49. The van der Waals surface area contributed by atoms with E-state index in [1.54, 1.807) is 11.3 Å². The van der Waals surface area contributed by atoms with Crippen LogP contribution in [-0.2, 0) is 16.1 Å². The van der Waals surface area contributed by atoms with E-state index in [0.29, 0.717) is 31.0 Å². The van der Waals surface area contributed by atoms with Gasteiger partial charge in [0.25, 0.3) is 0 Å². The molecule has 1 aromatic rings. The first kappa shape index (κ1) is 16.5.